The van der Waals surface area contributed by atoms with E-state index in [4.69, 9.17) is 0 Å². The number of pyridine rings is 1. The Morgan fingerprint density at radius 3 is 2.55 bits per heavy atom. The number of sulfonamides is 1. The van der Waals surface area contributed by atoms with Gasteiger partial charge >= 0.3 is 0 Å². The largest absolute Gasteiger partial charge is 0.367 e. The molecule has 22 heavy (non-hydrogen) atoms. The zero-order chi connectivity index (χ0) is 16.2. The van der Waals surface area contributed by atoms with Gasteiger partial charge in [-0.2, -0.15) is 16.1 Å². The molecule has 0 bridgehead atoms. The molecule has 1 N–H and O–H groups in total. The summed E-state index contributed by atoms with van der Waals surface area (Å²) in [7, 11) is -1.43. The Bertz CT molecular complexity index is 569. The zero-order valence-corrected chi connectivity index (χ0v) is 15.0. The first-order chi connectivity index (χ1) is 10.4. The van der Waals surface area contributed by atoms with E-state index in [2.05, 4.69) is 28.4 Å². The third-order valence-electron chi connectivity index (χ3n) is 3.65. The molecule has 0 aliphatic carbocycles. The van der Waals surface area contributed by atoms with Crippen LogP contribution in [0.2, 0.25) is 0 Å². The second-order valence-corrected chi connectivity index (χ2v) is 8.44. The van der Waals surface area contributed by atoms with Crippen LogP contribution in [0.15, 0.2) is 23.2 Å². The van der Waals surface area contributed by atoms with Gasteiger partial charge in [0.2, 0.25) is 10.0 Å². The minimum atomic E-state index is -3.43. The molecule has 1 unspecified atom stereocenters. The Balaban J connectivity index is 2.05. The van der Waals surface area contributed by atoms with E-state index < -0.39 is 10.0 Å². The van der Waals surface area contributed by atoms with Crippen molar-refractivity contribution >= 4 is 27.6 Å². The van der Waals surface area contributed by atoms with E-state index in [0.717, 1.165) is 18.8 Å². The normalized spacial score (nSPS) is 19.0. The molecule has 2 rings (SSSR count). The summed E-state index contributed by atoms with van der Waals surface area (Å²) in [6.45, 7) is 4.66. The van der Waals surface area contributed by atoms with E-state index in [1.165, 1.54) is 10.5 Å². The number of nitrogens with zero attached hydrogens (tertiary/aromatic N) is 3. The van der Waals surface area contributed by atoms with Crippen molar-refractivity contribution in [2.45, 2.75) is 17.9 Å². The fourth-order valence-electron chi connectivity index (χ4n) is 2.34. The van der Waals surface area contributed by atoms with Gasteiger partial charge in [-0.3, -0.25) is 0 Å². The Morgan fingerprint density at radius 1 is 1.32 bits per heavy atom. The lowest BCUT2D eigenvalue weighted by Crippen LogP contribution is -2.47. The van der Waals surface area contributed by atoms with Crippen molar-refractivity contribution in [3.05, 3.63) is 18.3 Å². The molecule has 0 saturated carbocycles. The molecule has 1 saturated heterocycles. The summed E-state index contributed by atoms with van der Waals surface area (Å²) in [4.78, 5) is 6.63. The van der Waals surface area contributed by atoms with Gasteiger partial charge in [0.05, 0.1) is 0 Å². The monoisotopic (exact) mass is 344 g/mol. The predicted octanol–water partition coefficient (Wildman–Crippen LogP) is 1.18. The van der Waals surface area contributed by atoms with E-state index in [0.29, 0.717) is 24.9 Å². The highest BCUT2D eigenvalue weighted by Gasteiger charge is 2.27. The summed E-state index contributed by atoms with van der Waals surface area (Å²) in [5.74, 6) is 1.68. The summed E-state index contributed by atoms with van der Waals surface area (Å²) in [6, 6.07) is 3.66. The standard InChI is InChI=1S/C14H24N4O2S2/c1-12(11-21-3)16-14-5-4-13(10-15-14)22(19,20)18-8-6-17(2)7-9-18/h4-5,10,12H,6-9,11H2,1-3H3,(H,15,16). The third kappa shape index (κ3) is 4.34. The molecule has 1 aromatic rings. The molecule has 1 aromatic heterocycles. The van der Waals surface area contributed by atoms with Crippen LogP contribution >= 0.6 is 11.8 Å². The van der Waals surface area contributed by atoms with Crippen molar-refractivity contribution in [2.75, 3.05) is 50.6 Å². The molecule has 124 valence electrons. The quantitative estimate of drug-likeness (QED) is 0.836. The van der Waals surface area contributed by atoms with Gasteiger partial charge < -0.3 is 10.2 Å². The average molecular weight is 345 g/mol. The molecule has 0 spiro atoms. The molecule has 0 amide bonds. The lowest BCUT2D eigenvalue weighted by molar-refractivity contribution is 0.222. The summed E-state index contributed by atoms with van der Waals surface area (Å²) >= 11 is 1.76. The number of nitrogens with one attached hydrogen (secondary N) is 1. The number of hydrogen-bond acceptors (Lipinski definition) is 6. The maximum atomic E-state index is 12.6. The van der Waals surface area contributed by atoms with Gasteiger partial charge in [0.15, 0.2) is 0 Å². The number of anilines is 1. The molecule has 6 nitrogen and oxygen atoms in total. The fourth-order valence-corrected chi connectivity index (χ4v) is 4.29. The first-order valence-electron chi connectivity index (χ1n) is 7.33. The van der Waals surface area contributed by atoms with Crippen LogP contribution < -0.4 is 5.32 Å². The molecule has 1 aliphatic heterocycles. The number of piperazine rings is 1. The topological polar surface area (TPSA) is 65.5 Å². The van der Waals surface area contributed by atoms with Gasteiger partial charge in [0.1, 0.15) is 10.7 Å². The average Bonchev–Trinajstić information content (AvgIpc) is 2.48. The van der Waals surface area contributed by atoms with Crippen LogP contribution in [0.3, 0.4) is 0 Å². The lowest BCUT2D eigenvalue weighted by Gasteiger charge is -2.31. The Morgan fingerprint density at radius 2 is 2.00 bits per heavy atom. The number of hydrogen-bond donors (Lipinski definition) is 1. The first-order valence-corrected chi connectivity index (χ1v) is 10.2. The summed E-state index contributed by atoms with van der Waals surface area (Å²) in [5.41, 5.74) is 0. The highest BCUT2D eigenvalue weighted by molar-refractivity contribution is 7.98. The second kappa shape index (κ2) is 7.63. The predicted molar refractivity (Wildman–Crippen MR) is 92.0 cm³/mol. The van der Waals surface area contributed by atoms with Crippen LogP contribution in [0, 0.1) is 0 Å². The Labute approximate surface area is 137 Å². The molecule has 0 radical (unpaired) electrons. The number of rotatable bonds is 6. The maximum absolute atomic E-state index is 12.6. The molecule has 8 heteroatoms. The van der Waals surface area contributed by atoms with Crippen molar-refractivity contribution < 1.29 is 8.42 Å². The molecule has 1 aliphatic rings. The molecular formula is C14H24N4O2S2. The molecule has 2 heterocycles. The lowest BCUT2D eigenvalue weighted by atomic mass is 10.4. The van der Waals surface area contributed by atoms with Crippen LogP contribution in [0.5, 0.6) is 0 Å². The van der Waals surface area contributed by atoms with Crippen LogP contribution in [-0.4, -0.2) is 73.9 Å². The number of aromatic nitrogens is 1. The number of likely N-dealkylation sites (N-methyl/N-ethyl adjacent to an activating group) is 1. The van der Waals surface area contributed by atoms with E-state index >= 15 is 0 Å². The zero-order valence-electron chi connectivity index (χ0n) is 13.3. The first kappa shape index (κ1) is 17.5. The van der Waals surface area contributed by atoms with Crippen molar-refractivity contribution in [2.24, 2.45) is 0 Å². The minimum absolute atomic E-state index is 0.264. The molecule has 1 atom stereocenters. The van der Waals surface area contributed by atoms with E-state index in [-0.39, 0.29) is 4.90 Å². The molecule has 1 fully saturated rings. The maximum Gasteiger partial charge on any atom is 0.244 e. The smallest absolute Gasteiger partial charge is 0.244 e. The van der Waals surface area contributed by atoms with Gasteiger partial charge in [-0.25, -0.2) is 13.4 Å². The fraction of sp³-hybridized carbons (Fsp3) is 0.643. The second-order valence-electron chi connectivity index (χ2n) is 5.59. The Hall–Kier alpha value is -0.830. The van der Waals surface area contributed by atoms with E-state index in [1.54, 1.807) is 23.9 Å². The van der Waals surface area contributed by atoms with Crippen molar-refractivity contribution in [1.29, 1.82) is 0 Å². The van der Waals surface area contributed by atoms with Gasteiger partial charge in [0, 0.05) is 44.2 Å². The van der Waals surface area contributed by atoms with Crippen molar-refractivity contribution in [3.63, 3.8) is 0 Å². The van der Waals surface area contributed by atoms with Gasteiger partial charge in [0.25, 0.3) is 0 Å². The van der Waals surface area contributed by atoms with Gasteiger partial charge in [-0.05, 0) is 32.4 Å². The Kier molecular flexibility index (Phi) is 6.08. The minimum Gasteiger partial charge on any atom is -0.367 e. The van der Waals surface area contributed by atoms with Crippen LogP contribution in [0.4, 0.5) is 5.82 Å². The summed E-state index contributed by atoms with van der Waals surface area (Å²) in [5, 5.41) is 3.26. The summed E-state index contributed by atoms with van der Waals surface area (Å²) in [6.07, 6.45) is 3.50. The number of thioether (sulfide) groups is 1. The highest BCUT2D eigenvalue weighted by Crippen LogP contribution is 2.18. The highest BCUT2D eigenvalue weighted by atomic mass is 32.2. The molecular weight excluding hydrogens is 320 g/mol. The van der Waals surface area contributed by atoms with Crippen molar-refractivity contribution in [1.82, 2.24) is 14.2 Å². The van der Waals surface area contributed by atoms with Crippen LogP contribution in [0.25, 0.3) is 0 Å². The van der Waals surface area contributed by atoms with Gasteiger partial charge in [-0.1, -0.05) is 0 Å². The SMILES string of the molecule is CSCC(C)Nc1ccc(S(=O)(=O)N2CCN(C)CC2)cn1. The van der Waals surface area contributed by atoms with Crippen molar-refractivity contribution in [3.8, 4) is 0 Å². The van der Waals surface area contributed by atoms with E-state index in [1.807, 2.05) is 7.05 Å². The van der Waals surface area contributed by atoms with Gasteiger partial charge in [-0.15, -0.1) is 0 Å². The van der Waals surface area contributed by atoms with E-state index in [9.17, 15) is 8.42 Å². The molecule has 0 aromatic carbocycles. The summed E-state index contributed by atoms with van der Waals surface area (Å²) < 4.78 is 26.7. The third-order valence-corrected chi connectivity index (χ3v) is 6.36. The van der Waals surface area contributed by atoms with Crippen LogP contribution in [0.1, 0.15) is 6.92 Å². The van der Waals surface area contributed by atoms with Crippen LogP contribution in [-0.2, 0) is 10.0 Å².